The molecule has 0 spiro atoms. The van der Waals surface area contributed by atoms with E-state index in [4.69, 9.17) is 9.26 Å². The smallest absolute Gasteiger partial charge is 0.174 e. The molecule has 0 saturated carbocycles. The lowest BCUT2D eigenvalue weighted by Crippen LogP contribution is -1.95. The first-order valence-electron chi connectivity index (χ1n) is 6.35. The Morgan fingerprint density at radius 2 is 1.86 bits per heavy atom. The molecule has 0 aliphatic rings. The van der Waals surface area contributed by atoms with Gasteiger partial charge in [-0.05, 0) is 36.4 Å². The standard InChI is InChI=1S/C16H12FNO3/c17-14-3-1-2-4-16(14)20-10-13-9-15(18-21-13)11-5-7-12(19)8-6-11/h1-9,19H,10H2. The van der Waals surface area contributed by atoms with Crippen LogP contribution in [0.25, 0.3) is 11.3 Å². The average Bonchev–Trinajstić information content (AvgIpc) is 2.96. The lowest BCUT2D eigenvalue weighted by molar-refractivity contribution is 0.240. The summed E-state index contributed by atoms with van der Waals surface area (Å²) in [4.78, 5) is 0. The van der Waals surface area contributed by atoms with Crippen molar-refractivity contribution in [3.63, 3.8) is 0 Å². The van der Waals surface area contributed by atoms with Gasteiger partial charge in [-0.1, -0.05) is 17.3 Å². The van der Waals surface area contributed by atoms with Crippen molar-refractivity contribution in [2.45, 2.75) is 6.61 Å². The van der Waals surface area contributed by atoms with Crippen LogP contribution in [0.2, 0.25) is 0 Å². The average molecular weight is 285 g/mol. The number of aromatic nitrogens is 1. The zero-order chi connectivity index (χ0) is 14.7. The van der Waals surface area contributed by atoms with E-state index >= 15 is 0 Å². The molecule has 0 amide bonds. The number of aromatic hydroxyl groups is 1. The van der Waals surface area contributed by atoms with Crippen LogP contribution in [0.15, 0.2) is 59.1 Å². The molecule has 1 aromatic heterocycles. The molecule has 0 bridgehead atoms. The molecule has 1 N–H and O–H groups in total. The number of hydrogen-bond donors (Lipinski definition) is 1. The molecule has 0 radical (unpaired) electrons. The molecule has 3 rings (SSSR count). The van der Waals surface area contributed by atoms with Gasteiger partial charge in [-0.25, -0.2) is 4.39 Å². The Kier molecular flexibility index (Phi) is 3.55. The Morgan fingerprint density at radius 1 is 1.10 bits per heavy atom. The number of phenolic OH excluding ortho intramolecular Hbond substituents is 1. The molecule has 0 aliphatic heterocycles. The molecule has 1 heterocycles. The molecule has 5 heteroatoms. The Hall–Kier alpha value is -2.82. The second kappa shape index (κ2) is 5.66. The monoisotopic (exact) mass is 285 g/mol. The van der Waals surface area contributed by atoms with Gasteiger partial charge >= 0.3 is 0 Å². The first-order chi connectivity index (χ1) is 10.2. The fraction of sp³-hybridized carbons (Fsp3) is 0.0625. The molecule has 0 unspecified atom stereocenters. The van der Waals surface area contributed by atoms with Gasteiger partial charge in [0.05, 0.1) is 0 Å². The van der Waals surface area contributed by atoms with Gasteiger partial charge in [-0.3, -0.25) is 0 Å². The number of ether oxygens (including phenoxy) is 1. The van der Waals surface area contributed by atoms with E-state index in [9.17, 15) is 9.50 Å². The van der Waals surface area contributed by atoms with Crippen molar-refractivity contribution in [1.82, 2.24) is 5.16 Å². The summed E-state index contributed by atoms with van der Waals surface area (Å²) >= 11 is 0. The molecule has 21 heavy (non-hydrogen) atoms. The second-order valence-corrected chi connectivity index (χ2v) is 4.44. The van der Waals surface area contributed by atoms with Crippen LogP contribution < -0.4 is 4.74 Å². The molecule has 0 fully saturated rings. The summed E-state index contributed by atoms with van der Waals surface area (Å²) < 4.78 is 23.9. The van der Waals surface area contributed by atoms with E-state index in [-0.39, 0.29) is 18.1 Å². The number of hydrogen-bond acceptors (Lipinski definition) is 4. The maximum atomic E-state index is 13.4. The van der Waals surface area contributed by atoms with E-state index in [0.717, 1.165) is 5.56 Å². The highest BCUT2D eigenvalue weighted by molar-refractivity contribution is 5.59. The van der Waals surface area contributed by atoms with E-state index in [1.807, 2.05) is 0 Å². The Bertz CT molecular complexity index is 737. The number of nitrogens with zero attached hydrogens (tertiary/aromatic N) is 1. The van der Waals surface area contributed by atoms with E-state index in [1.165, 1.54) is 6.07 Å². The lowest BCUT2D eigenvalue weighted by atomic mass is 10.1. The highest BCUT2D eigenvalue weighted by Gasteiger charge is 2.08. The molecular weight excluding hydrogens is 273 g/mol. The minimum absolute atomic E-state index is 0.0893. The minimum Gasteiger partial charge on any atom is -0.508 e. The molecule has 0 aliphatic carbocycles. The van der Waals surface area contributed by atoms with Crippen LogP contribution in [0.3, 0.4) is 0 Å². The number of rotatable bonds is 4. The quantitative estimate of drug-likeness (QED) is 0.793. The predicted molar refractivity (Wildman–Crippen MR) is 74.3 cm³/mol. The van der Waals surface area contributed by atoms with Gasteiger partial charge in [0.1, 0.15) is 18.1 Å². The van der Waals surface area contributed by atoms with Crippen molar-refractivity contribution >= 4 is 0 Å². The van der Waals surface area contributed by atoms with Crippen LogP contribution in [0.4, 0.5) is 4.39 Å². The normalized spacial score (nSPS) is 10.5. The van der Waals surface area contributed by atoms with E-state index in [2.05, 4.69) is 5.16 Å². The molecule has 3 aromatic rings. The van der Waals surface area contributed by atoms with Crippen LogP contribution in [0.5, 0.6) is 11.5 Å². The number of phenols is 1. The largest absolute Gasteiger partial charge is 0.508 e. The molecule has 0 atom stereocenters. The third-order valence-electron chi connectivity index (χ3n) is 2.93. The zero-order valence-electron chi connectivity index (χ0n) is 11.0. The molecule has 106 valence electrons. The summed E-state index contributed by atoms with van der Waals surface area (Å²) in [5, 5.41) is 13.2. The van der Waals surface area contributed by atoms with Crippen LogP contribution in [-0.4, -0.2) is 10.3 Å². The van der Waals surface area contributed by atoms with Gasteiger partial charge < -0.3 is 14.4 Å². The van der Waals surface area contributed by atoms with Crippen molar-refractivity contribution in [1.29, 1.82) is 0 Å². The van der Waals surface area contributed by atoms with Crippen LogP contribution in [0.1, 0.15) is 5.76 Å². The van der Waals surface area contributed by atoms with Crippen molar-refractivity contribution in [2.75, 3.05) is 0 Å². The molecule has 0 saturated heterocycles. The van der Waals surface area contributed by atoms with Crippen LogP contribution in [-0.2, 0) is 6.61 Å². The lowest BCUT2D eigenvalue weighted by Gasteiger charge is -2.03. The highest BCUT2D eigenvalue weighted by atomic mass is 19.1. The summed E-state index contributed by atoms with van der Waals surface area (Å²) in [5.74, 6) is 0.419. The SMILES string of the molecule is Oc1ccc(-c2cc(COc3ccccc3F)on2)cc1. The van der Waals surface area contributed by atoms with Gasteiger partial charge in [-0.15, -0.1) is 0 Å². The van der Waals surface area contributed by atoms with Crippen molar-refractivity contribution in [3.05, 3.63) is 66.2 Å². The Balaban J connectivity index is 1.71. The van der Waals surface area contributed by atoms with E-state index in [1.54, 1.807) is 48.5 Å². The molecular formula is C16H12FNO3. The van der Waals surface area contributed by atoms with Crippen LogP contribution in [0, 0.1) is 5.82 Å². The van der Waals surface area contributed by atoms with Crippen LogP contribution >= 0.6 is 0 Å². The number of halogens is 1. The predicted octanol–water partition coefficient (Wildman–Crippen LogP) is 3.77. The second-order valence-electron chi connectivity index (χ2n) is 4.44. The number of para-hydroxylation sites is 1. The first kappa shape index (κ1) is 13.2. The van der Waals surface area contributed by atoms with Crippen molar-refractivity contribution < 1.29 is 18.8 Å². The summed E-state index contributed by atoms with van der Waals surface area (Å²) in [6.07, 6.45) is 0. The highest BCUT2D eigenvalue weighted by Crippen LogP contribution is 2.23. The Labute approximate surface area is 120 Å². The fourth-order valence-corrected chi connectivity index (χ4v) is 1.86. The summed E-state index contributed by atoms with van der Waals surface area (Å²) in [6, 6.07) is 14.5. The molecule has 2 aromatic carbocycles. The third kappa shape index (κ3) is 3.02. The minimum atomic E-state index is -0.421. The van der Waals surface area contributed by atoms with Crippen molar-refractivity contribution in [3.8, 4) is 22.8 Å². The summed E-state index contributed by atoms with van der Waals surface area (Å²) in [7, 11) is 0. The fourth-order valence-electron chi connectivity index (χ4n) is 1.86. The maximum Gasteiger partial charge on any atom is 0.174 e. The first-order valence-corrected chi connectivity index (χ1v) is 6.35. The number of benzene rings is 2. The van der Waals surface area contributed by atoms with Gasteiger partial charge in [0.25, 0.3) is 0 Å². The van der Waals surface area contributed by atoms with E-state index in [0.29, 0.717) is 11.5 Å². The zero-order valence-corrected chi connectivity index (χ0v) is 11.0. The van der Waals surface area contributed by atoms with Gasteiger partial charge in [0, 0.05) is 11.6 Å². The Morgan fingerprint density at radius 3 is 2.62 bits per heavy atom. The topological polar surface area (TPSA) is 55.5 Å². The maximum absolute atomic E-state index is 13.4. The summed E-state index contributed by atoms with van der Waals surface area (Å²) in [5.41, 5.74) is 1.44. The van der Waals surface area contributed by atoms with Gasteiger partial charge in [0.15, 0.2) is 17.3 Å². The van der Waals surface area contributed by atoms with Crippen molar-refractivity contribution in [2.24, 2.45) is 0 Å². The van der Waals surface area contributed by atoms with E-state index < -0.39 is 5.82 Å². The van der Waals surface area contributed by atoms with Gasteiger partial charge in [-0.2, -0.15) is 0 Å². The third-order valence-corrected chi connectivity index (χ3v) is 2.93. The molecule has 4 nitrogen and oxygen atoms in total. The van der Waals surface area contributed by atoms with Gasteiger partial charge in [0.2, 0.25) is 0 Å². The summed E-state index contributed by atoms with van der Waals surface area (Å²) in [6.45, 7) is 0.0893.